The lowest BCUT2D eigenvalue weighted by molar-refractivity contribution is -0.142. The average Bonchev–Trinajstić information content (AvgIpc) is 2.30. The number of hydrogen-bond acceptors (Lipinski definition) is 3. The molecule has 4 heteroatoms. The van der Waals surface area contributed by atoms with Crippen LogP contribution in [0.15, 0.2) is 0 Å². The van der Waals surface area contributed by atoms with E-state index in [1.165, 1.54) is 0 Å². The molecule has 0 bridgehead atoms. The van der Waals surface area contributed by atoms with Crippen LogP contribution in [0, 0.1) is 5.41 Å². The molecule has 4 nitrogen and oxygen atoms in total. The molecular weight excluding hydrogens is 190 g/mol. The van der Waals surface area contributed by atoms with Crippen LogP contribution in [0.1, 0.15) is 19.8 Å². The Balaban J connectivity index is 1.98. The Bertz CT molecular complexity index is 230. The lowest BCUT2D eigenvalue weighted by Crippen LogP contribution is -2.55. The van der Waals surface area contributed by atoms with Crippen molar-refractivity contribution in [1.29, 1.82) is 0 Å². The maximum Gasteiger partial charge on any atom is 0.229 e. The molecule has 2 aliphatic heterocycles. The van der Waals surface area contributed by atoms with Gasteiger partial charge in [0.05, 0.1) is 5.41 Å². The summed E-state index contributed by atoms with van der Waals surface area (Å²) < 4.78 is 0. The van der Waals surface area contributed by atoms with E-state index in [1.807, 2.05) is 4.90 Å². The molecule has 2 N–H and O–H groups in total. The topological polar surface area (TPSA) is 44.4 Å². The summed E-state index contributed by atoms with van der Waals surface area (Å²) in [6.07, 6.45) is 2.15. The Morgan fingerprint density at radius 1 is 1.20 bits per heavy atom. The summed E-state index contributed by atoms with van der Waals surface area (Å²) in [5, 5.41) is 6.61. The zero-order valence-electron chi connectivity index (χ0n) is 9.51. The monoisotopic (exact) mass is 211 g/mol. The Kier molecular flexibility index (Phi) is 3.26. The highest BCUT2D eigenvalue weighted by Crippen LogP contribution is 2.27. The highest BCUT2D eigenvalue weighted by Gasteiger charge is 2.37. The normalized spacial score (nSPS) is 32.7. The molecule has 2 heterocycles. The maximum atomic E-state index is 12.3. The van der Waals surface area contributed by atoms with Crippen LogP contribution in [0.5, 0.6) is 0 Å². The van der Waals surface area contributed by atoms with Gasteiger partial charge in [-0.2, -0.15) is 0 Å². The van der Waals surface area contributed by atoms with Crippen molar-refractivity contribution in [3.05, 3.63) is 0 Å². The van der Waals surface area contributed by atoms with E-state index in [0.717, 1.165) is 52.1 Å². The van der Waals surface area contributed by atoms with Gasteiger partial charge in [0, 0.05) is 32.7 Å². The molecule has 1 unspecified atom stereocenters. The molecule has 0 spiro atoms. The molecule has 1 amide bonds. The van der Waals surface area contributed by atoms with Gasteiger partial charge in [-0.3, -0.25) is 4.79 Å². The molecule has 0 aromatic heterocycles. The third kappa shape index (κ3) is 2.32. The van der Waals surface area contributed by atoms with Crippen molar-refractivity contribution < 1.29 is 4.79 Å². The predicted molar refractivity (Wildman–Crippen MR) is 59.7 cm³/mol. The second kappa shape index (κ2) is 4.49. The molecule has 1 atom stereocenters. The van der Waals surface area contributed by atoms with E-state index in [4.69, 9.17) is 0 Å². The predicted octanol–water partition coefficient (Wildman–Crippen LogP) is -0.192. The zero-order valence-corrected chi connectivity index (χ0v) is 9.51. The fourth-order valence-corrected chi connectivity index (χ4v) is 2.49. The van der Waals surface area contributed by atoms with Crippen LogP contribution in [-0.4, -0.2) is 50.1 Å². The van der Waals surface area contributed by atoms with Gasteiger partial charge in [0.25, 0.3) is 0 Å². The number of rotatable bonds is 1. The van der Waals surface area contributed by atoms with Crippen molar-refractivity contribution in [2.24, 2.45) is 5.41 Å². The van der Waals surface area contributed by atoms with Gasteiger partial charge in [-0.05, 0) is 26.3 Å². The average molecular weight is 211 g/mol. The van der Waals surface area contributed by atoms with E-state index in [1.54, 1.807) is 0 Å². The van der Waals surface area contributed by atoms with Gasteiger partial charge in [-0.15, -0.1) is 0 Å². The van der Waals surface area contributed by atoms with Gasteiger partial charge < -0.3 is 15.5 Å². The summed E-state index contributed by atoms with van der Waals surface area (Å²) in [6, 6.07) is 0. The molecule has 2 rings (SSSR count). The van der Waals surface area contributed by atoms with Crippen LogP contribution in [0.25, 0.3) is 0 Å². The third-order valence-electron chi connectivity index (χ3n) is 3.52. The Labute approximate surface area is 91.4 Å². The second-order valence-electron chi connectivity index (χ2n) is 4.88. The lowest BCUT2D eigenvalue weighted by Gasteiger charge is -2.39. The number of piperidine rings is 1. The van der Waals surface area contributed by atoms with E-state index >= 15 is 0 Å². The van der Waals surface area contributed by atoms with Crippen molar-refractivity contribution in [1.82, 2.24) is 15.5 Å². The van der Waals surface area contributed by atoms with Crippen LogP contribution >= 0.6 is 0 Å². The minimum atomic E-state index is -0.157. The number of amides is 1. The fraction of sp³-hybridized carbons (Fsp3) is 0.909. The van der Waals surface area contributed by atoms with E-state index in [-0.39, 0.29) is 5.41 Å². The van der Waals surface area contributed by atoms with Crippen molar-refractivity contribution in [2.75, 3.05) is 39.3 Å². The maximum absolute atomic E-state index is 12.3. The minimum Gasteiger partial charge on any atom is -0.340 e. The first-order valence-electron chi connectivity index (χ1n) is 5.93. The van der Waals surface area contributed by atoms with Gasteiger partial charge in [0.1, 0.15) is 0 Å². The molecule has 2 fully saturated rings. The van der Waals surface area contributed by atoms with E-state index in [2.05, 4.69) is 17.6 Å². The molecular formula is C11H21N3O. The van der Waals surface area contributed by atoms with Crippen LogP contribution in [0.2, 0.25) is 0 Å². The molecule has 0 radical (unpaired) electrons. The molecule has 2 saturated heterocycles. The van der Waals surface area contributed by atoms with Gasteiger partial charge in [-0.1, -0.05) is 0 Å². The summed E-state index contributed by atoms with van der Waals surface area (Å²) in [5.74, 6) is 0.344. The highest BCUT2D eigenvalue weighted by molar-refractivity contribution is 5.82. The first-order chi connectivity index (χ1) is 7.22. The first-order valence-corrected chi connectivity index (χ1v) is 5.93. The summed E-state index contributed by atoms with van der Waals surface area (Å²) in [7, 11) is 0. The van der Waals surface area contributed by atoms with Gasteiger partial charge in [0.2, 0.25) is 5.91 Å². The summed E-state index contributed by atoms with van der Waals surface area (Å²) in [6.45, 7) is 7.62. The van der Waals surface area contributed by atoms with Crippen molar-refractivity contribution in [3.63, 3.8) is 0 Å². The number of hydrogen-bond donors (Lipinski definition) is 2. The van der Waals surface area contributed by atoms with Gasteiger partial charge >= 0.3 is 0 Å². The minimum absolute atomic E-state index is 0.157. The van der Waals surface area contributed by atoms with Crippen LogP contribution in [0.3, 0.4) is 0 Å². The van der Waals surface area contributed by atoms with Gasteiger partial charge in [0.15, 0.2) is 0 Å². The zero-order chi connectivity index (χ0) is 10.7. The molecule has 0 aromatic rings. The molecule has 0 saturated carbocycles. The summed E-state index contributed by atoms with van der Waals surface area (Å²) in [5.41, 5.74) is -0.157. The van der Waals surface area contributed by atoms with Crippen molar-refractivity contribution in [3.8, 4) is 0 Å². The first kappa shape index (κ1) is 10.9. The summed E-state index contributed by atoms with van der Waals surface area (Å²) >= 11 is 0. The Morgan fingerprint density at radius 2 is 1.93 bits per heavy atom. The van der Waals surface area contributed by atoms with E-state index < -0.39 is 0 Å². The molecule has 2 aliphatic rings. The highest BCUT2D eigenvalue weighted by atomic mass is 16.2. The SMILES string of the molecule is CC1(C(=O)N2CCNCC2)CCCNC1. The molecule has 0 aliphatic carbocycles. The van der Waals surface area contributed by atoms with Crippen molar-refractivity contribution in [2.45, 2.75) is 19.8 Å². The van der Waals surface area contributed by atoms with Crippen LogP contribution in [-0.2, 0) is 4.79 Å². The number of carbonyl (C=O) groups excluding carboxylic acids is 1. The lowest BCUT2D eigenvalue weighted by atomic mass is 9.81. The van der Waals surface area contributed by atoms with E-state index in [9.17, 15) is 4.79 Å². The molecule has 15 heavy (non-hydrogen) atoms. The third-order valence-corrected chi connectivity index (χ3v) is 3.52. The quantitative estimate of drug-likeness (QED) is 0.632. The second-order valence-corrected chi connectivity index (χ2v) is 4.88. The van der Waals surface area contributed by atoms with Crippen LogP contribution in [0.4, 0.5) is 0 Å². The van der Waals surface area contributed by atoms with Crippen molar-refractivity contribution >= 4 is 5.91 Å². The largest absolute Gasteiger partial charge is 0.340 e. The fourth-order valence-electron chi connectivity index (χ4n) is 2.49. The smallest absolute Gasteiger partial charge is 0.229 e. The van der Waals surface area contributed by atoms with Gasteiger partial charge in [-0.25, -0.2) is 0 Å². The number of nitrogens with zero attached hydrogens (tertiary/aromatic N) is 1. The standard InChI is InChI=1S/C11H21N3O/c1-11(3-2-4-13-9-11)10(15)14-7-5-12-6-8-14/h12-13H,2-9H2,1H3. The Hall–Kier alpha value is -0.610. The Morgan fingerprint density at radius 3 is 2.53 bits per heavy atom. The number of nitrogens with one attached hydrogen (secondary N) is 2. The molecule has 0 aromatic carbocycles. The molecule has 86 valence electrons. The number of piperazine rings is 1. The van der Waals surface area contributed by atoms with Crippen LogP contribution < -0.4 is 10.6 Å². The summed E-state index contributed by atoms with van der Waals surface area (Å²) in [4.78, 5) is 14.4. The number of carbonyl (C=O) groups is 1. The van der Waals surface area contributed by atoms with E-state index in [0.29, 0.717) is 5.91 Å².